The summed E-state index contributed by atoms with van der Waals surface area (Å²) >= 11 is 1.27. The Bertz CT molecular complexity index is 1520. The Labute approximate surface area is 213 Å². The molecule has 3 aromatic rings. The SMILES string of the molecule is C#CCOc1cccc(/C=c2\sc3n(c2=O)[C@@H](c2ccc(OCC)cc2)C(C(=O)OCC)=C(C)N=3)c1. The van der Waals surface area contributed by atoms with E-state index in [4.69, 9.17) is 20.6 Å². The number of fused-ring (bicyclic) bond motifs is 1. The highest BCUT2D eigenvalue weighted by atomic mass is 32.1. The molecule has 8 heteroatoms. The molecular formula is C28H26N2O5S. The van der Waals surface area contributed by atoms with Crippen LogP contribution in [0.15, 0.2) is 69.6 Å². The molecule has 7 nitrogen and oxygen atoms in total. The molecule has 0 N–H and O–H groups in total. The van der Waals surface area contributed by atoms with Gasteiger partial charge in [0, 0.05) is 0 Å². The summed E-state index contributed by atoms with van der Waals surface area (Å²) in [4.78, 5) is 31.8. The van der Waals surface area contributed by atoms with Gasteiger partial charge >= 0.3 is 5.97 Å². The molecule has 0 saturated carbocycles. The van der Waals surface area contributed by atoms with Crippen molar-refractivity contribution in [1.29, 1.82) is 0 Å². The van der Waals surface area contributed by atoms with Gasteiger partial charge in [-0.1, -0.05) is 41.5 Å². The third kappa shape index (κ3) is 5.11. The van der Waals surface area contributed by atoms with E-state index in [1.165, 1.54) is 11.3 Å². The summed E-state index contributed by atoms with van der Waals surface area (Å²) in [5, 5.41) is 0. The second-order valence-electron chi connectivity index (χ2n) is 7.87. The van der Waals surface area contributed by atoms with E-state index >= 15 is 0 Å². The fourth-order valence-corrected chi connectivity index (χ4v) is 5.04. The number of allylic oxidation sites excluding steroid dienone is 1. The maximum atomic E-state index is 13.7. The minimum absolute atomic E-state index is 0.156. The van der Waals surface area contributed by atoms with Crippen LogP contribution >= 0.6 is 11.3 Å². The zero-order valence-electron chi connectivity index (χ0n) is 20.3. The summed E-state index contributed by atoms with van der Waals surface area (Å²) < 4.78 is 18.4. The van der Waals surface area contributed by atoms with E-state index in [2.05, 4.69) is 10.9 Å². The molecule has 36 heavy (non-hydrogen) atoms. The highest BCUT2D eigenvalue weighted by Crippen LogP contribution is 2.31. The van der Waals surface area contributed by atoms with E-state index in [0.29, 0.717) is 38.7 Å². The van der Waals surface area contributed by atoms with Gasteiger partial charge in [-0.2, -0.15) is 0 Å². The van der Waals surface area contributed by atoms with Gasteiger partial charge in [-0.25, -0.2) is 9.79 Å². The van der Waals surface area contributed by atoms with Gasteiger partial charge in [0.2, 0.25) is 0 Å². The molecule has 0 amide bonds. The van der Waals surface area contributed by atoms with Gasteiger partial charge in [-0.15, -0.1) is 6.42 Å². The minimum Gasteiger partial charge on any atom is -0.494 e. The molecule has 1 atom stereocenters. The van der Waals surface area contributed by atoms with Crippen LogP contribution in [0.2, 0.25) is 0 Å². The Balaban J connectivity index is 1.86. The number of hydrogen-bond donors (Lipinski definition) is 0. The summed E-state index contributed by atoms with van der Waals surface area (Å²) in [5.41, 5.74) is 2.15. The first-order valence-corrected chi connectivity index (χ1v) is 12.4. The van der Waals surface area contributed by atoms with Crippen LogP contribution in [0.1, 0.15) is 37.9 Å². The smallest absolute Gasteiger partial charge is 0.338 e. The van der Waals surface area contributed by atoms with Crippen molar-refractivity contribution in [1.82, 2.24) is 4.57 Å². The van der Waals surface area contributed by atoms with Crippen LogP contribution in [0.5, 0.6) is 11.5 Å². The Morgan fingerprint density at radius 3 is 2.61 bits per heavy atom. The second-order valence-corrected chi connectivity index (χ2v) is 8.88. The average Bonchev–Trinajstić information content (AvgIpc) is 3.17. The van der Waals surface area contributed by atoms with Crippen molar-refractivity contribution in [2.45, 2.75) is 26.8 Å². The molecule has 0 spiro atoms. The summed E-state index contributed by atoms with van der Waals surface area (Å²) in [5.74, 6) is 3.26. The number of esters is 1. The zero-order chi connectivity index (χ0) is 25.7. The third-order valence-corrected chi connectivity index (χ3v) is 6.48. The van der Waals surface area contributed by atoms with Crippen LogP contribution in [0.3, 0.4) is 0 Å². The number of carbonyl (C=O) groups is 1. The first-order chi connectivity index (χ1) is 17.5. The van der Waals surface area contributed by atoms with E-state index in [1.54, 1.807) is 30.6 Å². The molecule has 0 unspecified atom stereocenters. The highest BCUT2D eigenvalue weighted by molar-refractivity contribution is 7.07. The van der Waals surface area contributed by atoms with Crippen LogP contribution in [-0.2, 0) is 9.53 Å². The van der Waals surface area contributed by atoms with Crippen LogP contribution in [0, 0.1) is 12.3 Å². The number of aromatic nitrogens is 1. The topological polar surface area (TPSA) is 79.1 Å². The van der Waals surface area contributed by atoms with Crippen LogP contribution < -0.4 is 24.4 Å². The summed E-state index contributed by atoms with van der Waals surface area (Å²) in [7, 11) is 0. The predicted octanol–water partition coefficient (Wildman–Crippen LogP) is 3.21. The van der Waals surface area contributed by atoms with Gasteiger partial charge in [-0.3, -0.25) is 9.36 Å². The molecule has 0 bridgehead atoms. The summed E-state index contributed by atoms with van der Waals surface area (Å²) in [6.45, 7) is 6.33. The van der Waals surface area contributed by atoms with E-state index < -0.39 is 12.0 Å². The molecule has 1 aliphatic heterocycles. The lowest BCUT2D eigenvalue weighted by Gasteiger charge is -2.24. The van der Waals surface area contributed by atoms with Crippen molar-refractivity contribution in [3.8, 4) is 23.8 Å². The number of carbonyl (C=O) groups excluding carboxylic acids is 1. The predicted molar refractivity (Wildman–Crippen MR) is 139 cm³/mol. The largest absolute Gasteiger partial charge is 0.494 e. The molecule has 2 aromatic carbocycles. The molecule has 0 radical (unpaired) electrons. The van der Waals surface area contributed by atoms with Crippen LogP contribution in [0.25, 0.3) is 6.08 Å². The Kier molecular flexibility index (Phi) is 7.71. The number of nitrogens with zero attached hydrogens (tertiary/aromatic N) is 2. The molecular weight excluding hydrogens is 476 g/mol. The van der Waals surface area contributed by atoms with Gasteiger partial charge in [-0.05, 0) is 62.2 Å². The molecule has 1 aliphatic rings. The van der Waals surface area contributed by atoms with Gasteiger partial charge in [0.15, 0.2) is 4.80 Å². The van der Waals surface area contributed by atoms with E-state index in [0.717, 1.165) is 11.1 Å². The van der Waals surface area contributed by atoms with Crippen molar-refractivity contribution in [2.75, 3.05) is 19.8 Å². The molecule has 4 rings (SSSR count). The molecule has 184 valence electrons. The van der Waals surface area contributed by atoms with Gasteiger partial charge < -0.3 is 14.2 Å². The zero-order valence-corrected chi connectivity index (χ0v) is 21.1. The average molecular weight is 503 g/mol. The lowest BCUT2D eigenvalue weighted by atomic mass is 9.96. The fourth-order valence-electron chi connectivity index (χ4n) is 3.99. The van der Waals surface area contributed by atoms with E-state index in [9.17, 15) is 9.59 Å². The number of ether oxygens (including phenoxy) is 3. The minimum atomic E-state index is -0.677. The second kappa shape index (κ2) is 11.1. The third-order valence-electron chi connectivity index (χ3n) is 5.50. The maximum absolute atomic E-state index is 13.7. The lowest BCUT2D eigenvalue weighted by Crippen LogP contribution is -2.39. The van der Waals surface area contributed by atoms with E-state index in [1.807, 2.05) is 49.4 Å². The number of terminal acetylenes is 1. The molecule has 1 aromatic heterocycles. The molecule has 0 saturated heterocycles. The molecule has 2 heterocycles. The summed E-state index contributed by atoms with van der Waals surface area (Å²) in [6, 6.07) is 14.0. The first-order valence-electron chi connectivity index (χ1n) is 11.6. The lowest BCUT2D eigenvalue weighted by molar-refractivity contribution is -0.139. The Morgan fingerprint density at radius 2 is 1.92 bits per heavy atom. The summed E-state index contributed by atoms with van der Waals surface area (Å²) in [6.07, 6.45) is 7.06. The van der Waals surface area contributed by atoms with Crippen LogP contribution in [0.4, 0.5) is 0 Å². The van der Waals surface area contributed by atoms with Crippen molar-refractivity contribution in [3.63, 3.8) is 0 Å². The van der Waals surface area contributed by atoms with E-state index in [-0.39, 0.29) is 18.8 Å². The number of hydrogen-bond acceptors (Lipinski definition) is 7. The van der Waals surface area contributed by atoms with Gasteiger partial charge in [0.1, 0.15) is 18.1 Å². The number of benzene rings is 2. The fraction of sp³-hybridized carbons (Fsp3) is 0.250. The van der Waals surface area contributed by atoms with Crippen molar-refractivity contribution in [2.24, 2.45) is 4.99 Å². The normalized spacial score (nSPS) is 15.1. The molecule has 0 aliphatic carbocycles. The van der Waals surface area contributed by atoms with Crippen molar-refractivity contribution >= 4 is 23.4 Å². The van der Waals surface area contributed by atoms with Gasteiger partial charge in [0.05, 0.1) is 35.1 Å². The van der Waals surface area contributed by atoms with Crippen LogP contribution in [-0.4, -0.2) is 30.4 Å². The monoisotopic (exact) mass is 502 g/mol. The van der Waals surface area contributed by atoms with Crippen molar-refractivity contribution < 1.29 is 19.0 Å². The quantitative estimate of drug-likeness (QED) is 0.349. The molecule has 0 fully saturated rings. The number of rotatable bonds is 8. The number of thiazole rings is 1. The first kappa shape index (κ1) is 25.0. The standard InChI is InChI=1S/C28H26N2O5S/c1-5-15-35-22-10-8-9-19(16-22)17-23-26(31)30-25(20-11-13-21(14-12-20)33-6-2)24(27(32)34-7-3)18(4)29-28(30)36-23/h1,8-14,16-17,25H,6-7,15H2,2-4H3/b23-17-/t25-/m0/s1. The Morgan fingerprint density at radius 1 is 1.14 bits per heavy atom. The van der Waals surface area contributed by atoms with Gasteiger partial charge in [0.25, 0.3) is 5.56 Å². The maximum Gasteiger partial charge on any atom is 0.338 e. The highest BCUT2D eigenvalue weighted by Gasteiger charge is 2.33. The Hall–Kier alpha value is -4.09. The van der Waals surface area contributed by atoms with Crippen molar-refractivity contribution in [3.05, 3.63) is 90.6 Å².